The molecule has 2 aromatic rings. The molecule has 0 aliphatic rings. The van der Waals surface area contributed by atoms with E-state index < -0.39 is 0 Å². The molecule has 2 N–H and O–H groups in total. The highest BCUT2D eigenvalue weighted by atomic mass is 79.9. The van der Waals surface area contributed by atoms with Crippen molar-refractivity contribution in [3.8, 4) is 5.75 Å². The number of thiocarbonyl (C=S) groups is 1. The third-order valence-electron chi connectivity index (χ3n) is 3.14. The summed E-state index contributed by atoms with van der Waals surface area (Å²) in [5.41, 5.74) is 1.95. The van der Waals surface area contributed by atoms with Gasteiger partial charge in [-0.05, 0) is 71.8 Å². The summed E-state index contributed by atoms with van der Waals surface area (Å²) in [6, 6.07) is 13.6. The molecule has 0 aliphatic carbocycles. The van der Waals surface area contributed by atoms with E-state index in [1.54, 1.807) is 0 Å². The highest BCUT2D eigenvalue weighted by Crippen LogP contribution is 2.25. The van der Waals surface area contributed by atoms with Gasteiger partial charge in [-0.1, -0.05) is 29.8 Å². The van der Waals surface area contributed by atoms with Gasteiger partial charge in [0.2, 0.25) is 0 Å². The number of para-hydroxylation sites is 1. The number of ether oxygens (including phenoxy) is 1. The van der Waals surface area contributed by atoms with Crippen molar-refractivity contribution in [1.29, 1.82) is 0 Å². The van der Waals surface area contributed by atoms with Crippen molar-refractivity contribution in [2.45, 2.75) is 19.9 Å². The molecular formula is C17H18BrClN2OS. The van der Waals surface area contributed by atoms with Crippen molar-refractivity contribution >= 4 is 50.5 Å². The first-order valence-electron chi connectivity index (χ1n) is 7.16. The van der Waals surface area contributed by atoms with E-state index >= 15 is 0 Å². The van der Waals surface area contributed by atoms with Crippen LogP contribution < -0.4 is 15.4 Å². The first-order valence-corrected chi connectivity index (χ1v) is 8.74. The largest absolute Gasteiger partial charge is 0.491 e. The molecule has 3 nitrogen and oxygen atoms in total. The Balaban J connectivity index is 1.82. The van der Waals surface area contributed by atoms with Gasteiger partial charge in [0.1, 0.15) is 12.4 Å². The van der Waals surface area contributed by atoms with Crippen LogP contribution in [0.25, 0.3) is 0 Å². The van der Waals surface area contributed by atoms with Crippen LogP contribution in [0.15, 0.2) is 46.9 Å². The summed E-state index contributed by atoms with van der Waals surface area (Å²) in [6.07, 6.45) is 0. The summed E-state index contributed by atoms with van der Waals surface area (Å²) >= 11 is 14.7. The maximum Gasteiger partial charge on any atom is 0.171 e. The first-order chi connectivity index (χ1) is 11.0. The maximum absolute atomic E-state index is 6.06. The molecule has 2 aromatic carbocycles. The molecule has 6 heteroatoms. The lowest BCUT2D eigenvalue weighted by molar-refractivity contribution is 0.285. The molecule has 0 bridgehead atoms. The van der Waals surface area contributed by atoms with Crippen LogP contribution >= 0.6 is 39.7 Å². The van der Waals surface area contributed by atoms with Gasteiger partial charge in [0.15, 0.2) is 5.11 Å². The molecule has 0 heterocycles. The Bertz CT molecular complexity index is 696. The fourth-order valence-electron chi connectivity index (χ4n) is 1.94. The molecule has 0 saturated heterocycles. The van der Waals surface area contributed by atoms with Crippen molar-refractivity contribution in [2.24, 2.45) is 0 Å². The Morgan fingerprint density at radius 2 is 2.04 bits per heavy atom. The van der Waals surface area contributed by atoms with Crippen LogP contribution in [0.4, 0.5) is 5.69 Å². The fourth-order valence-corrected chi connectivity index (χ4v) is 2.69. The molecule has 1 atom stereocenters. The second-order valence-electron chi connectivity index (χ2n) is 5.20. The average Bonchev–Trinajstić information content (AvgIpc) is 2.50. The van der Waals surface area contributed by atoms with Gasteiger partial charge >= 0.3 is 0 Å². The third-order valence-corrected chi connectivity index (χ3v) is 4.59. The van der Waals surface area contributed by atoms with E-state index in [9.17, 15) is 0 Å². The number of hydrogen-bond acceptors (Lipinski definition) is 2. The van der Waals surface area contributed by atoms with Gasteiger partial charge in [-0.15, -0.1) is 0 Å². The summed E-state index contributed by atoms with van der Waals surface area (Å²) in [6.45, 7) is 4.56. The van der Waals surface area contributed by atoms with Crippen molar-refractivity contribution < 1.29 is 4.74 Å². The lowest BCUT2D eigenvalue weighted by atomic mass is 10.2. The topological polar surface area (TPSA) is 33.3 Å². The number of aryl methyl sites for hydroxylation is 1. The lowest BCUT2D eigenvalue weighted by Crippen LogP contribution is -2.39. The Hall–Kier alpha value is -1.30. The molecule has 122 valence electrons. The summed E-state index contributed by atoms with van der Waals surface area (Å²) in [7, 11) is 0. The lowest BCUT2D eigenvalue weighted by Gasteiger charge is -2.18. The van der Waals surface area contributed by atoms with Crippen molar-refractivity contribution in [3.05, 3.63) is 57.5 Å². The normalized spacial score (nSPS) is 11.7. The number of anilines is 1. The van der Waals surface area contributed by atoms with Gasteiger partial charge in [-0.25, -0.2) is 0 Å². The zero-order chi connectivity index (χ0) is 16.8. The minimum Gasteiger partial charge on any atom is -0.491 e. The molecule has 0 unspecified atom stereocenters. The van der Waals surface area contributed by atoms with Gasteiger partial charge in [0, 0.05) is 10.2 Å². The molecule has 0 aliphatic heterocycles. The number of halogens is 2. The highest BCUT2D eigenvalue weighted by Gasteiger charge is 2.07. The molecule has 0 radical (unpaired) electrons. The molecule has 2 rings (SSSR count). The van der Waals surface area contributed by atoms with Crippen LogP contribution in [-0.2, 0) is 0 Å². The van der Waals surface area contributed by atoms with Crippen molar-refractivity contribution in [3.63, 3.8) is 0 Å². The Kier molecular flexibility index (Phi) is 6.69. The van der Waals surface area contributed by atoms with Crippen LogP contribution in [0.5, 0.6) is 5.75 Å². The molecule has 0 amide bonds. The van der Waals surface area contributed by atoms with E-state index in [4.69, 9.17) is 28.6 Å². The quantitative estimate of drug-likeness (QED) is 0.663. The van der Waals surface area contributed by atoms with Crippen LogP contribution in [0.1, 0.15) is 12.5 Å². The Morgan fingerprint density at radius 1 is 1.30 bits per heavy atom. The van der Waals surface area contributed by atoms with Gasteiger partial charge in [0.05, 0.1) is 11.1 Å². The summed E-state index contributed by atoms with van der Waals surface area (Å²) in [4.78, 5) is 0. The van der Waals surface area contributed by atoms with E-state index in [1.807, 2.05) is 56.3 Å². The van der Waals surface area contributed by atoms with Gasteiger partial charge in [-0.2, -0.15) is 0 Å². The van der Waals surface area contributed by atoms with Crippen molar-refractivity contribution in [2.75, 3.05) is 11.9 Å². The smallest absolute Gasteiger partial charge is 0.171 e. The average molecular weight is 414 g/mol. The number of hydrogen-bond donors (Lipinski definition) is 2. The van der Waals surface area contributed by atoms with E-state index in [1.165, 1.54) is 0 Å². The number of rotatable bonds is 5. The van der Waals surface area contributed by atoms with Gasteiger partial charge < -0.3 is 15.4 Å². The van der Waals surface area contributed by atoms with Crippen molar-refractivity contribution in [1.82, 2.24) is 5.32 Å². The molecule has 0 saturated carbocycles. The predicted octanol–water partition coefficient (Wildman–Crippen LogP) is 5.16. The Labute approximate surface area is 155 Å². The van der Waals surface area contributed by atoms with E-state index in [-0.39, 0.29) is 6.04 Å². The third kappa shape index (κ3) is 5.68. The van der Waals surface area contributed by atoms with E-state index in [0.717, 1.165) is 21.5 Å². The molecule has 0 fully saturated rings. The van der Waals surface area contributed by atoms with Gasteiger partial charge in [-0.3, -0.25) is 0 Å². The second kappa shape index (κ2) is 8.52. The molecule has 23 heavy (non-hydrogen) atoms. The highest BCUT2D eigenvalue weighted by molar-refractivity contribution is 9.10. The minimum atomic E-state index is 0.0699. The number of benzene rings is 2. The summed E-state index contributed by atoms with van der Waals surface area (Å²) in [5.74, 6) is 0.889. The summed E-state index contributed by atoms with van der Waals surface area (Å²) < 4.78 is 6.66. The van der Waals surface area contributed by atoms with Crippen LogP contribution in [0.2, 0.25) is 5.02 Å². The molecule has 0 spiro atoms. The van der Waals surface area contributed by atoms with E-state index in [2.05, 4.69) is 26.6 Å². The van der Waals surface area contributed by atoms with Crippen LogP contribution in [0, 0.1) is 6.92 Å². The maximum atomic E-state index is 6.06. The molecular weight excluding hydrogens is 396 g/mol. The summed E-state index contributed by atoms with van der Waals surface area (Å²) in [5, 5.41) is 7.47. The van der Waals surface area contributed by atoms with E-state index in [0.29, 0.717) is 16.7 Å². The molecule has 0 aromatic heterocycles. The Morgan fingerprint density at radius 3 is 2.74 bits per heavy atom. The minimum absolute atomic E-state index is 0.0699. The van der Waals surface area contributed by atoms with Gasteiger partial charge in [0.25, 0.3) is 0 Å². The standard InChI is InChI=1S/C17H18BrClN2OS/c1-11-5-3-4-6-16(11)22-10-12(2)20-17(23)21-13-7-8-14(18)15(19)9-13/h3-9,12H,10H2,1-2H3,(H2,20,21,23)/t12-/m1/s1. The zero-order valence-electron chi connectivity index (χ0n) is 12.9. The second-order valence-corrected chi connectivity index (χ2v) is 6.87. The predicted molar refractivity (Wildman–Crippen MR) is 105 cm³/mol. The van der Waals surface area contributed by atoms with Crippen LogP contribution in [-0.4, -0.2) is 17.8 Å². The number of nitrogens with one attached hydrogen (secondary N) is 2. The zero-order valence-corrected chi connectivity index (χ0v) is 16.1. The monoisotopic (exact) mass is 412 g/mol. The fraction of sp³-hybridized carbons (Fsp3) is 0.235. The first kappa shape index (κ1) is 18.0. The SMILES string of the molecule is Cc1ccccc1OC[C@@H](C)NC(=S)Nc1ccc(Br)c(Cl)c1. The van der Waals surface area contributed by atoms with Crippen LogP contribution in [0.3, 0.4) is 0 Å².